The van der Waals surface area contributed by atoms with Crippen LogP contribution in [0.2, 0.25) is 5.02 Å². The Morgan fingerprint density at radius 2 is 1.83 bits per heavy atom. The molecule has 0 aliphatic heterocycles. The molecule has 0 atom stereocenters. The van der Waals surface area contributed by atoms with Gasteiger partial charge in [-0.1, -0.05) is 23.7 Å². The number of nitrogens with zero attached hydrogens (tertiary/aromatic N) is 3. The van der Waals surface area contributed by atoms with E-state index in [1.807, 2.05) is 6.07 Å². The lowest BCUT2D eigenvalue weighted by Gasteiger charge is -2.21. The van der Waals surface area contributed by atoms with Crippen LogP contribution in [0.5, 0.6) is 11.5 Å². The Hall–Kier alpha value is -2.62. The zero-order valence-electron chi connectivity index (χ0n) is 16.4. The number of hydrogen-bond acceptors (Lipinski definition) is 7. The monoisotopic (exact) mass is 449 g/mol. The maximum Gasteiger partial charge on any atom is 0.249 e. The highest BCUT2D eigenvalue weighted by molar-refractivity contribution is 7.89. The van der Waals surface area contributed by atoms with Gasteiger partial charge in [-0.15, -0.1) is 10.2 Å². The Morgan fingerprint density at radius 1 is 1.10 bits per heavy atom. The van der Waals surface area contributed by atoms with Crippen LogP contribution in [0.15, 0.2) is 51.8 Å². The molecule has 0 unspecified atom stereocenters. The minimum Gasteiger partial charge on any atom is -0.493 e. The summed E-state index contributed by atoms with van der Waals surface area (Å²) in [6.07, 6.45) is 1.55. The van der Waals surface area contributed by atoms with Gasteiger partial charge in [0.1, 0.15) is 0 Å². The van der Waals surface area contributed by atoms with Gasteiger partial charge in [-0.25, -0.2) is 8.42 Å². The van der Waals surface area contributed by atoms with E-state index in [4.69, 9.17) is 25.5 Å². The highest BCUT2D eigenvalue weighted by Crippen LogP contribution is 2.36. The fourth-order valence-corrected chi connectivity index (χ4v) is 4.95. The molecule has 0 bridgehead atoms. The minimum atomic E-state index is -3.81. The van der Waals surface area contributed by atoms with E-state index in [9.17, 15) is 8.42 Å². The van der Waals surface area contributed by atoms with Crippen molar-refractivity contribution >= 4 is 21.6 Å². The first-order valence-corrected chi connectivity index (χ1v) is 11.1. The molecule has 0 N–H and O–H groups in total. The van der Waals surface area contributed by atoms with Crippen molar-refractivity contribution in [3.8, 4) is 23.0 Å². The summed E-state index contributed by atoms with van der Waals surface area (Å²) in [5.74, 6) is 1.24. The molecule has 10 heteroatoms. The van der Waals surface area contributed by atoms with Gasteiger partial charge in [-0.05, 0) is 37.1 Å². The maximum atomic E-state index is 13.3. The first-order chi connectivity index (χ1) is 14.4. The van der Waals surface area contributed by atoms with Crippen molar-refractivity contribution in [2.24, 2.45) is 0 Å². The standard InChI is InChI=1S/C20H20ClN3O5S/c1-27-17-10-9-14(11-18(17)28-2)30(25,26)24(13-7-8-13)12-19-22-23-20(29-19)15-5-3-4-6-16(15)21/h3-6,9-11,13H,7-8,12H2,1-2H3. The van der Waals surface area contributed by atoms with Crippen molar-refractivity contribution in [2.45, 2.75) is 30.3 Å². The van der Waals surface area contributed by atoms with Crippen molar-refractivity contribution in [1.29, 1.82) is 0 Å². The number of aromatic nitrogens is 2. The van der Waals surface area contributed by atoms with E-state index in [0.29, 0.717) is 22.1 Å². The van der Waals surface area contributed by atoms with Crippen LogP contribution in [0.25, 0.3) is 11.5 Å². The predicted octanol–water partition coefficient (Wildman–Crippen LogP) is 3.76. The summed E-state index contributed by atoms with van der Waals surface area (Å²) in [7, 11) is -0.859. The Labute approximate surface area is 179 Å². The maximum absolute atomic E-state index is 13.3. The van der Waals surface area contributed by atoms with E-state index in [-0.39, 0.29) is 29.3 Å². The number of halogens is 1. The lowest BCUT2D eigenvalue weighted by atomic mass is 10.2. The SMILES string of the molecule is COc1ccc(S(=O)(=O)N(Cc2nnc(-c3ccccc3Cl)o2)C2CC2)cc1OC. The molecule has 3 aromatic rings. The van der Waals surface area contributed by atoms with Gasteiger partial charge < -0.3 is 13.9 Å². The number of ether oxygens (including phenoxy) is 2. The van der Waals surface area contributed by atoms with Gasteiger partial charge in [0.2, 0.25) is 21.8 Å². The molecule has 0 amide bonds. The van der Waals surface area contributed by atoms with Crippen molar-refractivity contribution in [3.05, 3.63) is 53.4 Å². The second-order valence-electron chi connectivity index (χ2n) is 6.78. The number of sulfonamides is 1. The molecular weight excluding hydrogens is 430 g/mol. The number of rotatable bonds is 8. The van der Waals surface area contributed by atoms with E-state index in [0.717, 1.165) is 12.8 Å². The van der Waals surface area contributed by atoms with Crippen molar-refractivity contribution in [2.75, 3.05) is 14.2 Å². The highest BCUT2D eigenvalue weighted by Gasteiger charge is 2.39. The van der Waals surface area contributed by atoms with E-state index in [2.05, 4.69) is 10.2 Å². The predicted molar refractivity (Wildman–Crippen MR) is 110 cm³/mol. The minimum absolute atomic E-state index is 0.0290. The van der Waals surface area contributed by atoms with Gasteiger partial charge >= 0.3 is 0 Å². The van der Waals surface area contributed by atoms with Crippen LogP contribution in [0.3, 0.4) is 0 Å². The Kier molecular flexibility index (Phi) is 5.68. The average molecular weight is 450 g/mol. The number of methoxy groups -OCH3 is 2. The van der Waals surface area contributed by atoms with Gasteiger partial charge in [0.25, 0.3) is 0 Å². The van der Waals surface area contributed by atoms with Crippen LogP contribution in [-0.4, -0.2) is 43.2 Å². The van der Waals surface area contributed by atoms with Crippen LogP contribution in [0.1, 0.15) is 18.7 Å². The molecule has 2 aromatic carbocycles. The smallest absolute Gasteiger partial charge is 0.249 e. The second-order valence-corrected chi connectivity index (χ2v) is 9.08. The third-order valence-corrected chi connectivity index (χ3v) is 7.00. The molecule has 8 nitrogen and oxygen atoms in total. The molecule has 4 rings (SSSR count). The summed E-state index contributed by atoms with van der Waals surface area (Å²) in [5, 5.41) is 8.53. The zero-order valence-corrected chi connectivity index (χ0v) is 18.0. The summed E-state index contributed by atoms with van der Waals surface area (Å²) in [5.41, 5.74) is 0.596. The van der Waals surface area contributed by atoms with E-state index >= 15 is 0 Å². The van der Waals surface area contributed by atoms with Crippen molar-refractivity contribution in [1.82, 2.24) is 14.5 Å². The summed E-state index contributed by atoms with van der Waals surface area (Å²) < 4.78 is 44.2. The lowest BCUT2D eigenvalue weighted by molar-refractivity contribution is 0.347. The molecule has 1 heterocycles. The molecule has 158 valence electrons. The molecule has 0 spiro atoms. The molecule has 1 aliphatic carbocycles. The van der Waals surface area contributed by atoms with Gasteiger partial charge in [0.15, 0.2) is 11.5 Å². The quantitative estimate of drug-likeness (QED) is 0.516. The van der Waals surface area contributed by atoms with Crippen LogP contribution < -0.4 is 9.47 Å². The Morgan fingerprint density at radius 3 is 2.50 bits per heavy atom. The van der Waals surface area contributed by atoms with Gasteiger partial charge in [0.05, 0.1) is 36.2 Å². The van der Waals surface area contributed by atoms with Crippen molar-refractivity contribution in [3.63, 3.8) is 0 Å². The summed E-state index contributed by atoms with van der Waals surface area (Å²) in [6, 6.07) is 11.5. The number of hydrogen-bond donors (Lipinski definition) is 0. The fourth-order valence-electron chi connectivity index (χ4n) is 3.08. The molecular formula is C20H20ClN3O5S. The van der Waals surface area contributed by atoms with Gasteiger partial charge in [-0.2, -0.15) is 4.31 Å². The molecule has 1 saturated carbocycles. The van der Waals surface area contributed by atoms with Gasteiger partial charge in [0, 0.05) is 12.1 Å². The highest BCUT2D eigenvalue weighted by atomic mass is 35.5. The summed E-state index contributed by atoms with van der Waals surface area (Å²) in [6.45, 7) is -0.0290. The molecule has 0 saturated heterocycles. The lowest BCUT2D eigenvalue weighted by Crippen LogP contribution is -2.32. The van der Waals surface area contributed by atoms with Crippen LogP contribution in [0, 0.1) is 0 Å². The van der Waals surface area contributed by atoms with Crippen LogP contribution in [-0.2, 0) is 16.6 Å². The molecule has 0 radical (unpaired) electrons. The van der Waals surface area contributed by atoms with Gasteiger partial charge in [-0.3, -0.25) is 0 Å². The summed E-state index contributed by atoms with van der Waals surface area (Å²) in [4.78, 5) is 0.109. The fraction of sp³-hybridized carbons (Fsp3) is 0.300. The largest absolute Gasteiger partial charge is 0.493 e. The molecule has 1 aliphatic rings. The molecule has 1 fully saturated rings. The Bertz CT molecular complexity index is 1160. The third kappa shape index (κ3) is 4.00. The molecule has 30 heavy (non-hydrogen) atoms. The van der Waals surface area contributed by atoms with Crippen LogP contribution >= 0.6 is 11.6 Å². The van der Waals surface area contributed by atoms with E-state index in [1.54, 1.807) is 24.3 Å². The first-order valence-electron chi connectivity index (χ1n) is 9.25. The second kappa shape index (κ2) is 8.25. The number of benzene rings is 2. The summed E-state index contributed by atoms with van der Waals surface area (Å²) >= 11 is 6.18. The Balaban J connectivity index is 1.63. The van der Waals surface area contributed by atoms with Crippen molar-refractivity contribution < 1.29 is 22.3 Å². The first kappa shape index (κ1) is 20.6. The van der Waals surface area contributed by atoms with E-state index < -0.39 is 10.0 Å². The third-order valence-electron chi connectivity index (χ3n) is 4.78. The zero-order chi connectivity index (χ0) is 21.3. The topological polar surface area (TPSA) is 94.8 Å². The normalized spacial score (nSPS) is 14.1. The van der Waals surface area contributed by atoms with Crippen LogP contribution in [0.4, 0.5) is 0 Å². The molecule has 1 aromatic heterocycles. The average Bonchev–Trinajstić information content (AvgIpc) is 3.49. The van der Waals surface area contributed by atoms with E-state index in [1.165, 1.54) is 30.7 Å².